The van der Waals surface area contributed by atoms with Crippen LogP contribution in [0.25, 0.3) is 5.69 Å². The average molecular weight is 563 g/mol. The summed E-state index contributed by atoms with van der Waals surface area (Å²) in [5, 5.41) is 3.20. The third kappa shape index (κ3) is 6.38. The zero-order chi connectivity index (χ0) is 22.7. The standard InChI is InChI=1S/C22H34N4O3S.HI/c1-16-13-18(17(2)26(16)19-9-11-20(29-7)12-10-19)14-25(6)21(23-5)24-15-22(3,4)30(8,27)28;/h9-13H,14-15H2,1-8H3,(H,23,24);1H. The molecule has 0 aliphatic rings. The van der Waals surface area contributed by atoms with Crippen molar-refractivity contribution in [3.05, 3.63) is 47.3 Å². The lowest BCUT2D eigenvalue weighted by atomic mass is 10.2. The highest BCUT2D eigenvalue weighted by atomic mass is 127. The number of hydrogen-bond donors (Lipinski definition) is 1. The van der Waals surface area contributed by atoms with Crippen LogP contribution in [0, 0.1) is 13.8 Å². The first-order valence-electron chi connectivity index (χ1n) is 9.85. The Morgan fingerprint density at radius 1 is 1.23 bits per heavy atom. The van der Waals surface area contributed by atoms with Crippen LogP contribution >= 0.6 is 24.0 Å². The number of aromatic nitrogens is 1. The number of ether oxygens (including phenoxy) is 1. The summed E-state index contributed by atoms with van der Waals surface area (Å²) < 4.78 is 30.5. The highest BCUT2D eigenvalue weighted by Crippen LogP contribution is 2.23. The highest BCUT2D eigenvalue weighted by Gasteiger charge is 2.30. The number of rotatable bonds is 7. The molecule has 1 heterocycles. The van der Waals surface area contributed by atoms with Crippen molar-refractivity contribution in [2.24, 2.45) is 4.99 Å². The van der Waals surface area contributed by atoms with E-state index in [0.717, 1.165) is 22.8 Å². The van der Waals surface area contributed by atoms with Crippen LogP contribution in [-0.2, 0) is 16.4 Å². The van der Waals surface area contributed by atoms with E-state index in [1.165, 1.54) is 11.8 Å². The molecule has 1 aromatic heterocycles. The van der Waals surface area contributed by atoms with Gasteiger partial charge in [-0.05, 0) is 63.6 Å². The van der Waals surface area contributed by atoms with Gasteiger partial charge in [-0.3, -0.25) is 4.99 Å². The molecule has 1 aromatic carbocycles. The van der Waals surface area contributed by atoms with Gasteiger partial charge in [-0.2, -0.15) is 0 Å². The van der Waals surface area contributed by atoms with Crippen LogP contribution in [-0.4, -0.2) is 62.6 Å². The van der Waals surface area contributed by atoms with Crippen LogP contribution in [0.4, 0.5) is 0 Å². The smallest absolute Gasteiger partial charge is 0.193 e. The number of hydrogen-bond acceptors (Lipinski definition) is 4. The number of aryl methyl sites for hydroxylation is 1. The summed E-state index contributed by atoms with van der Waals surface area (Å²) in [5.74, 6) is 1.48. The molecule has 0 aliphatic carbocycles. The van der Waals surface area contributed by atoms with Crippen molar-refractivity contribution >= 4 is 39.8 Å². The number of methoxy groups -OCH3 is 1. The lowest BCUT2D eigenvalue weighted by molar-refractivity contribution is 0.414. The SMILES string of the molecule is CN=C(NCC(C)(C)S(C)(=O)=O)N(C)Cc1cc(C)n(-c2ccc(OC)cc2)c1C.I. The molecular formula is C22H35IN4O3S. The molecule has 0 saturated heterocycles. The van der Waals surface area contributed by atoms with E-state index < -0.39 is 14.6 Å². The van der Waals surface area contributed by atoms with Crippen LogP contribution in [0.15, 0.2) is 35.3 Å². The largest absolute Gasteiger partial charge is 0.497 e. The van der Waals surface area contributed by atoms with Gasteiger partial charge >= 0.3 is 0 Å². The van der Waals surface area contributed by atoms with E-state index in [1.54, 1.807) is 28.0 Å². The molecule has 0 saturated carbocycles. The van der Waals surface area contributed by atoms with Gasteiger partial charge in [0, 0.05) is 50.5 Å². The van der Waals surface area contributed by atoms with E-state index in [-0.39, 0.29) is 30.5 Å². The lowest BCUT2D eigenvalue weighted by Gasteiger charge is -2.27. The molecule has 2 aromatic rings. The fourth-order valence-corrected chi connectivity index (χ4v) is 3.59. The molecule has 174 valence electrons. The molecule has 1 N–H and O–H groups in total. The normalized spacial score (nSPS) is 12.3. The van der Waals surface area contributed by atoms with Crippen molar-refractivity contribution in [2.75, 3.05) is 34.0 Å². The van der Waals surface area contributed by atoms with Crippen molar-refractivity contribution in [2.45, 2.75) is 39.0 Å². The van der Waals surface area contributed by atoms with E-state index in [0.29, 0.717) is 12.5 Å². The minimum Gasteiger partial charge on any atom is -0.497 e. The zero-order valence-corrected chi connectivity index (χ0v) is 22.8. The fraction of sp³-hybridized carbons (Fsp3) is 0.500. The van der Waals surface area contributed by atoms with Crippen molar-refractivity contribution in [3.63, 3.8) is 0 Å². The summed E-state index contributed by atoms with van der Waals surface area (Å²) in [6.45, 7) is 8.55. The Kier molecular flexibility index (Phi) is 9.43. The van der Waals surface area contributed by atoms with Crippen LogP contribution in [0.2, 0.25) is 0 Å². The minimum absolute atomic E-state index is 0. The van der Waals surface area contributed by atoms with Gasteiger partial charge in [0.25, 0.3) is 0 Å². The van der Waals surface area contributed by atoms with Crippen molar-refractivity contribution < 1.29 is 13.2 Å². The maximum atomic E-state index is 12.0. The Balaban J connectivity index is 0.00000480. The van der Waals surface area contributed by atoms with Gasteiger partial charge in [0.1, 0.15) is 5.75 Å². The van der Waals surface area contributed by atoms with E-state index >= 15 is 0 Å². The number of halogens is 1. The first-order chi connectivity index (χ1) is 13.9. The van der Waals surface area contributed by atoms with Gasteiger partial charge in [0.2, 0.25) is 0 Å². The quantitative estimate of drug-likeness (QED) is 0.318. The van der Waals surface area contributed by atoms with Crippen molar-refractivity contribution in [1.29, 1.82) is 0 Å². The fourth-order valence-electron chi connectivity index (χ4n) is 3.26. The molecule has 7 nitrogen and oxygen atoms in total. The van der Waals surface area contributed by atoms with Gasteiger partial charge in [-0.15, -0.1) is 24.0 Å². The van der Waals surface area contributed by atoms with E-state index in [9.17, 15) is 8.42 Å². The molecule has 0 bridgehead atoms. The van der Waals surface area contributed by atoms with E-state index in [1.807, 2.05) is 36.2 Å². The summed E-state index contributed by atoms with van der Waals surface area (Å²) in [7, 11) is 2.12. The summed E-state index contributed by atoms with van der Waals surface area (Å²) in [6.07, 6.45) is 1.26. The lowest BCUT2D eigenvalue weighted by Crippen LogP contribution is -2.48. The molecule has 0 atom stereocenters. The first-order valence-corrected chi connectivity index (χ1v) is 11.7. The molecule has 0 fully saturated rings. The second kappa shape index (κ2) is 10.7. The number of nitrogens with one attached hydrogen (secondary N) is 1. The Morgan fingerprint density at radius 3 is 2.29 bits per heavy atom. The average Bonchev–Trinajstić information content (AvgIpc) is 2.94. The Hall–Kier alpha value is -1.75. The molecular weight excluding hydrogens is 527 g/mol. The van der Waals surface area contributed by atoms with Crippen LogP contribution in [0.3, 0.4) is 0 Å². The van der Waals surface area contributed by atoms with Gasteiger partial charge in [-0.25, -0.2) is 8.42 Å². The van der Waals surface area contributed by atoms with Gasteiger partial charge in [-0.1, -0.05) is 0 Å². The topological polar surface area (TPSA) is 75.9 Å². The van der Waals surface area contributed by atoms with Crippen LogP contribution in [0.1, 0.15) is 30.8 Å². The third-order valence-electron chi connectivity index (χ3n) is 5.52. The van der Waals surface area contributed by atoms with Crippen LogP contribution < -0.4 is 10.1 Å². The highest BCUT2D eigenvalue weighted by molar-refractivity contribution is 14.0. The zero-order valence-electron chi connectivity index (χ0n) is 19.7. The number of benzene rings is 1. The number of guanidine groups is 1. The number of nitrogens with zero attached hydrogens (tertiary/aromatic N) is 3. The van der Waals surface area contributed by atoms with Gasteiger partial charge in [0.05, 0.1) is 11.9 Å². The van der Waals surface area contributed by atoms with E-state index in [4.69, 9.17) is 4.74 Å². The summed E-state index contributed by atoms with van der Waals surface area (Å²) in [5.41, 5.74) is 4.55. The number of aliphatic imine (C=N–C) groups is 1. The second-order valence-electron chi connectivity index (χ2n) is 8.22. The van der Waals surface area contributed by atoms with Gasteiger partial charge in [0.15, 0.2) is 15.8 Å². The molecule has 0 amide bonds. The van der Waals surface area contributed by atoms with Gasteiger partial charge < -0.3 is 19.5 Å². The predicted octanol–water partition coefficient (Wildman–Crippen LogP) is 3.55. The Bertz CT molecular complexity index is 1010. The summed E-state index contributed by atoms with van der Waals surface area (Å²) in [6, 6.07) is 10.2. The maximum absolute atomic E-state index is 12.0. The summed E-state index contributed by atoms with van der Waals surface area (Å²) >= 11 is 0. The molecule has 2 rings (SSSR count). The molecule has 0 spiro atoms. The number of sulfone groups is 1. The predicted molar refractivity (Wildman–Crippen MR) is 139 cm³/mol. The Morgan fingerprint density at radius 2 is 1.81 bits per heavy atom. The first kappa shape index (κ1) is 27.3. The molecule has 31 heavy (non-hydrogen) atoms. The molecule has 9 heteroatoms. The Labute approximate surface area is 203 Å². The minimum atomic E-state index is -3.18. The molecule has 0 unspecified atom stereocenters. The second-order valence-corrected chi connectivity index (χ2v) is 10.9. The molecule has 0 aliphatic heterocycles. The van der Waals surface area contributed by atoms with Crippen molar-refractivity contribution in [1.82, 2.24) is 14.8 Å². The van der Waals surface area contributed by atoms with Crippen molar-refractivity contribution in [3.8, 4) is 11.4 Å². The maximum Gasteiger partial charge on any atom is 0.193 e. The third-order valence-corrected chi connectivity index (χ3v) is 7.68. The summed E-state index contributed by atoms with van der Waals surface area (Å²) in [4.78, 5) is 6.32. The molecule has 0 radical (unpaired) electrons. The monoisotopic (exact) mass is 562 g/mol. The van der Waals surface area contributed by atoms with E-state index in [2.05, 4.69) is 34.8 Å². The van der Waals surface area contributed by atoms with Crippen LogP contribution in [0.5, 0.6) is 5.75 Å².